The molecule has 0 unspecified atom stereocenters. The van der Waals surface area contributed by atoms with Crippen molar-refractivity contribution in [1.29, 1.82) is 0 Å². The topological polar surface area (TPSA) is 124 Å². The summed E-state index contributed by atoms with van der Waals surface area (Å²) in [6.07, 6.45) is 2.08. The number of aliphatic hydroxyl groups is 4. The molecule has 0 amide bonds. The maximum absolute atomic E-state index is 13.1. The Balaban J connectivity index is 1.58. The maximum Gasteiger partial charge on any atom is 0.310 e. The number of hydrogen-bond donors (Lipinski definition) is 4. The zero-order chi connectivity index (χ0) is 25.6. The van der Waals surface area contributed by atoms with Gasteiger partial charge in [0.2, 0.25) is 0 Å². The van der Waals surface area contributed by atoms with Crippen molar-refractivity contribution in [2.45, 2.75) is 63.4 Å². The van der Waals surface area contributed by atoms with E-state index in [2.05, 4.69) is 0 Å². The molecule has 5 rings (SSSR count). The number of esters is 1. The molecule has 2 fully saturated rings. The van der Waals surface area contributed by atoms with E-state index in [1.54, 1.807) is 26.0 Å². The molecule has 1 aromatic carbocycles. The summed E-state index contributed by atoms with van der Waals surface area (Å²) >= 11 is 0. The number of hydrogen-bond acceptors (Lipinski definition) is 7. The average molecular weight is 483 g/mol. The molecule has 0 heterocycles. The van der Waals surface area contributed by atoms with Crippen molar-refractivity contribution in [1.82, 2.24) is 0 Å². The Kier molecular flexibility index (Phi) is 5.29. The lowest BCUT2D eigenvalue weighted by Crippen LogP contribution is -2.65. The number of carbonyl (C=O) groups excluding carboxylic acids is 2. The number of fused-ring (bicyclic) bond motifs is 5. The highest BCUT2D eigenvalue weighted by Gasteiger charge is 2.86. The molecule has 0 aliphatic heterocycles. The SMILES string of the molecule is CC1=C[C@H]2[C@@]3(O)[C@H](C)[C@@H](O)[C@]4(OC(=O)Cc5ccccc5)[C@H]([C@@H]3C=C(CO)C[C@]2(O)C1=O)C4(C)C. The third-order valence-electron chi connectivity index (χ3n) is 9.47. The minimum Gasteiger partial charge on any atom is -0.455 e. The van der Waals surface area contributed by atoms with Gasteiger partial charge in [0.05, 0.1) is 24.7 Å². The predicted octanol–water partition coefficient (Wildman–Crippen LogP) is 1.72. The molecule has 188 valence electrons. The number of aliphatic hydroxyl groups excluding tert-OH is 2. The van der Waals surface area contributed by atoms with Gasteiger partial charge in [-0.25, -0.2) is 0 Å². The monoisotopic (exact) mass is 482 g/mol. The van der Waals surface area contributed by atoms with E-state index in [0.29, 0.717) is 11.1 Å². The van der Waals surface area contributed by atoms with Crippen molar-refractivity contribution < 1.29 is 34.8 Å². The molecule has 7 heteroatoms. The Morgan fingerprint density at radius 1 is 1.14 bits per heavy atom. The van der Waals surface area contributed by atoms with Crippen LogP contribution in [0.25, 0.3) is 0 Å². The van der Waals surface area contributed by atoms with Gasteiger partial charge < -0.3 is 25.2 Å². The minimum absolute atomic E-state index is 0.0535. The fraction of sp³-hybridized carbons (Fsp3) is 0.571. The summed E-state index contributed by atoms with van der Waals surface area (Å²) in [4.78, 5) is 26.1. The van der Waals surface area contributed by atoms with E-state index in [1.807, 2.05) is 44.2 Å². The van der Waals surface area contributed by atoms with Gasteiger partial charge in [-0.05, 0) is 23.6 Å². The Morgan fingerprint density at radius 2 is 1.80 bits per heavy atom. The third kappa shape index (κ3) is 2.99. The molecule has 2 saturated carbocycles. The number of rotatable bonds is 4. The summed E-state index contributed by atoms with van der Waals surface area (Å²) in [7, 11) is 0. The van der Waals surface area contributed by atoms with Crippen LogP contribution in [-0.4, -0.2) is 61.7 Å². The molecule has 0 saturated heterocycles. The van der Waals surface area contributed by atoms with E-state index in [1.165, 1.54) is 0 Å². The Morgan fingerprint density at radius 3 is 2.43 bits per heavy atom. The van der Waals surface area contributed by atoms with Crippen molar-refractivity contribution in [3.63, 3.8) is 0 Å². The van der Waals surface area contributed by atoms with Crippen LogP contribution in [0.4, 0.5) is 0 Å². The first-order chi connectivity index (χ1) is 16.4. The van der Waals surface area contributed by atoms with E-state index >= 15 is 0 Å². The lowest BCUT2D eigenvalue weighted by atomic mass is 9.59. The van der Waals surface area contributed by atoms with Gasteiger partial charge in [-0.1, -0.05) is 63.3 Å². The summed E-state index contributed by atoms with van der Waals surface area (Å²) in [5.74, 6) is -3.87. The first-order valence-electron chi connectivity index (χ1n) is 12.3. The van der Waals surface area contributed by atoms with Gasteiger partial charge in [0.1, 0.15) is 11.2 Å². The number of benzene rings is 1. The van der Waals surface area contributed by atoms with Gasteiger partial charge in [0.25, 0.3) is 0 Å². The second-order valence-electron chi connectivity index (χ2n) is 11.5. The quantitative estimate of drug-likeness (QED) is 0.381. The van der Waals surface area contributed by atoms with E-state index in [0.717, 1.165) is 5.56 Å². The van der Waals surface area contributed by atoms with Crippen LogP contribution >= 0.6 is 0 Å². The highest BCUT2D eigenvalue weighted by Crippen LogP contribution is 2.76. The zero-order valence-corrected chi connectivity index (χ0v) is 20.6. The molecule has 7 nitrogen and oxygen atoms in total. The van der Waals surface area contributed by atoms with E-state index in [-0.39, 0.29) is 19.4 Å². The van der Waals surface area contributed by atoms with Crippen LogP contribution in [0.15, 0.2) is 53.6 Å². The van der Waals surface area contributed by atoms with Gasteiger partial charge in [-0.15, -0.1) is 0 Å². The summed E-state index contributed by atoms with van der Waals surface area (Å²) in [5.41, 5.74) is -3.92. The van der Waals surface area contributed by atoms with Gasteiger partial charge in [-0.2, -0.15) is 0 Å². The molecule has 35 heavy (non-hydrogen) atoms. The molecule has 0 aromatic heterocycles. The molecule has 0 spiro atoms. The van der Waals surface area contributed by atoms with Crippen LogP contribution in [0.3, 0.4) is 0 Å². The van der Waals surface area contributed by atoms with Gasteiger partial charge >= 0.3 is 5.97 Å². The second kappa shape index (κ2) is 7.59. The minimum atomic E-state index is -1.90. The van der Waals surface area contributed by atoms with E-state index in [9.17, 15) is 30.0 Å². The lowest BCUT2D eigenvalue weighted by molar-refractivity contribution is -0.219. The summed E-state index contributed by atoms with van der Waals surface area (Å²) in [6.45, 7) is 6.72. The van der Waals surface area contributed by atoms with Gasteiger partial charge in [-0.3, -0.25) is 9.59 Å². The van der Waals surface area contributed by atoms with Crippen LogP contribution in [-0.2, 0) is 20.7 Å². The molecule has 8 atom stereocenters. The van der Waals surface area contributed by atoms with Crippen molar-refractivity contribution in [3.8, 4) is 0 Å². The highest BCUT2D eigenvalue weighted by atomic mass is 16.6. The van der Waals surface area contributed by atoms with Crippen LogP contribution in [0.5, 0.6) is 0 Å². The zero-order valence-electron chi connectivity index (χ0n) is 20.6. The molecule has 0 radical (unpaired) electrons. The Labute approximate surface area is 205 Å². The van der Waals surface area contributed by atoms with Crippen molar-refractivity contribution in [2.75, 3.05) is 6.61 Å². The largest absolute Gasteiger partial charge is 0.455 e. The molecular weight excluding hydrogens is 448 g/mol. The first-order valence-corrected chi connectivity index (χ1v) is 12.3. The van der Waals surface area contributed by atoms with Crippen molar-refractivity contribution in [3.05, 3.63) is 59.2 Å². The normalized spacial score (nSPS) is 43.2. The summed E-state index contributed by atoms with van der Waals surface area (Å²) in [6, 6.07) is 9.22. The maximum atomic E-state index is 13.1. The second-order valence-corrected chi connectivity index (χ2v) is 11.5. The Bertz CT molecular complexity index is 1140. The first kappa shape index (κ1) is 24.4. The van der Waals surface area contributed by atoms with Crippen LogP contribution in [0, 0.1) is 29.1 Å². The predicted molar refractivity (Wildman–Crippen MR) is 127 cm³/mol. The smallest absolute Gasteiger partial charge is 0.310 e. The van der Waals surface area contributed by atoms with Crippen molar-refractivity contribution in [2.24, 2.45) is 29.1 Å². The molecule has 4 aliphatic carbocycles. The van der Waals surface area contributed by atoms with Crippen molar-refractivity contribution >= 4 is 11.8 Å². The molecule has 1 aromatic rings. The van der Waals surface area contributed by atoms with Crippen LogP contribution < -0.4 is 0 Å². The molecule has 4 aliphatic rings. The number of ketones is 1. The van der Waals surface area contributed by atoms with Crippen LogP contribution in [0.1, 0.15) is 39.7 Å². The van der Waals surface area contributed by atoms with Gasteiger partial charge in [0, 0.05) is 35.5 Å². The van der Waals surface area contributed by atoms with E-state index in [4.69, 9.17) is 4.74 Å². The molecular formula is C28H34O7. The summed E-state index contributed by atoms with van der Waals surface area (Å²) < 4.78 is 6.10. The number of carbonyl (C=O) groups is 2. The fourth-order valence-electron chi connectivity index (χ4n) is 7.66. The molecule has 4 N–H and O–H groups in total. The highest BCUT2D eigenvalue weighted by molar-refractivity contribution is 6.04. The average Bonchev–Trinajstić information content (AvgIpc) is 3.24. The standard InChI is InChI=1S/C28H34O7/c1-15-10-20-26(33,23(15)31)13-18(14-29)11-19-22-25(3,4)28(22,24(32)16(2)27(19,20)34)35-21(30)12-17-8-6-5-7-9-17/h5-11,16,19-20,22,24,29,32-34H,12-14H2,1-4H3/t16-,19+,20-,22-,24-,26-,27-,28-/m1/s1. The molecule has 0 bridgehead atoms. The Hall–Kier alpha value is -2.32. The lowest BCUT2D eigenvalue weighted by Gasteiger charge is -2.52. The number of ether oxygens (including phenoxy) is 1. The summed E-state index contributed by atoms with van der Waals surface area (Å²) in [5, 5.41) is 45.6. The van der Waals surface area contributed by atoms with Crippen LogP contribution in [0.2, 0.25) is 0 Å². The number of Topliss-reactive ketones (excluding diaryl/α,β-unsaturated/α-hetero) is 1. The van der Waals surface area contributed by atoms with E-state index < -0.39 is 63.7 Å². The third-order valence-corrected chi connectivity index (χ3v) is 9.47. The van der Waals surface area contributed by atoms with Gasteiger partial charge in [0.15, 0.2) is 5.78 Å². The fourth-order valence-corrected chi connectivity index (χ4v) is 7.66.